The number of halogens is 1. The minimum Gasteiger partial charge on any atom is -0.258 e. The Hall–Kier alpha value is -0.990. The summed E-state index contributed by atoms with van der Waals surface area (Å²) in [6, 6.07) is 0. The molecule has 1 aliphatic rings. The average molecular weight is 166 g/mol. The van der Waals surface area contributed by atoms with Crippen LogP contribution in [0, 0.1) is 11.4 Å². The molecule has 0 N–H and O–H groups in total. The molecule has 0 aliphatic heterocycles. The van der Waals surface area contributed by atoms with Gasteiger partial charge in [0.15, 0.2) is 0 Å². The van der Waals surface area contributed by atoms with Crippen LogP contribution in [0.25, 0.3) is 0 Å². The molecule has 1 heterocycles. The summed E-state index contributed by atoms with van der Waals surface area (Å²) in [4.78, 5) is 7.53. The second-order valence-electron chi connectivity index (χ2n) is 3.82. The Morgan fingerprint density at radius 2 is 2.25 bits per heavy atom. The molecule has 1 saturated carbocycles. The first-order valence-electron chi connectivity index (χ1n) is 4.14. The topological polar surface area (TPSA) is 25.8 Å². The molecule has 1 fully saturated rings. The summed E-state index contributed by atoms with van der Waals surface area (Å²) in [5.41, 5.74) is 1.15. The van der Waals surface area contributed by atoms with Crippen LogP contribution in [0.4, 0.5) is 4.39 Å². The fourth-order valence-electron chi connectivity index (χ4n) is 1.29. The Balaban J connectivity index is 2.12. The summed E-state index contributed by atoms with van der Waals surface area (Å²) in [5.74, 6) is -0.475. The third kappa shape index (κ3) is 1.60. The van der Waals surface area contributed by atoms with Gasteiger partial charge in [-0.15, -0.1) is 0 Å². The van der Waals surface area contributed by atoms with Crippen LogP contribution < -0.4 is 0 Å². The van der Waals surface area contributed by atoms with E-state index in [1.165, 1.54) is 12.8 Å². The summed E-state index contributed by atoms with van der Waals surface area (Å²) >= 11 is 0. The Morgan fingerprint density at radius 1 is 1.50 bits per heavy atom. The van der Waals surface area contributed by atoms with Gasteiger partial charge >= 0.3 is 0 Å². The maximum Gasteiger partial charge on any atom is 0.231 e. The van der Waals surface area contributed by atoms with E-state index in [4.69, 9.17) is 0 Å². The van der Waals surface area contributed by atoms with Crippen molar-refractivity contribution in [2.24, 2.45) is 5.41 Å². The highest BCUT2D eigenvalue weighted by Gasteiger charge is 2.37. The van der Waals surface area contributed by atoms with Crippen molar-refractivity contribution in [1.82, 2.24) is 9.97 Å². The lowest BCUT2D eigenvalue weighted by Gasteiger charge is -2.05. The summed E-state index contributed by atoms with van der Waals surface area (Å²) < 4.78 is 12.6. The van der Waals surface area contributed by atoms with Gasteiger partial charge in [-0.05, 0) is 24.7 Å². The van der Waals surface area contributed by atoms with E-state index in [1.54, 1.807) is 6.20 Å². The van der Waals surface area contributed by atoms with Gasteiger partial charge in [-0.25, -0.2) is 4.98 Å². The third-order valence-electron chi connectivity index (χ3n) is 2.37. The molecule has 0 radical (unpaired) electrons. The average Bonchev–Trinajstić information content (AvgIpc) is 2.67. The lowest BCUT2D eigenvalue weighted by atomic mass is 10.0. The minimum atomic E-state index is -0.475. The van der Waals surface area contributed by atoms with Crippen LogP contribution in [0.2, 0.25) is 0 Å². The fraction of sp³-hybridized carbons (Fsp3) is 0.556. The van der Waals surface area contributed by atoms with E-state index in [0.717, 1.165) is 18.3 Å². The number of aromatic nitrogens is 2. The van der Waals surface area contributed by atoms with E-state index in [0.29, 0.717) is 5.41 Å². The predicted molar refractivity (Wildman–Crippen MR) is 43.0 cm³/mol. The largest absolute Gasteiger partial charge is 0.258 e. The number of nitrogens with zero attached hydrogens (tertiary/aromatic N) is 2. The maximum atomic E-state index is 12.6. The van der Waals surface area contributed by atoms with Gasteiger partial charge in [0.25, 0.3) is 0 Å². The SMILES string of the molecule is CC1(Cc2cncc(F)n2)CC1. The standard InChI is InChI=1S/C9H11FN2/c1-9(2-3-9)4-7-5-11-6-8(10)12-7/h5-6H,2-4H2,1H3. The van der Waals surface area contributed by atoms with Crippen molar-refractivity contribution < 1.29 is 4.39 Å². The first-order valence-corrected chi connectivity index (χ1v) is 4.14. The molecule has 0 aromatic carbocycles. The van der Waals surface area contributed by atoms with Crippen LogP contribution in [-0.4, -0.2) is 9.97 Å². The van der Waals surface area contributed by atoms with Crippen LogP contribution in [0.5, 0.6) is 0 Å². The second-order valence-corrected chi connectivity index (χ2v) is 3.82. The molecular formula is C9H11FN2. The molecule has 1 aromatic heterocycles. The first kappa shape index (κ1) is 7.65. The molecule has 0 spiro atoms. The highest BCUT2D eigenvalue weighted by Crippen LogP contribution is 2.47. The number of rotatable bonds is 2. The zero-order valence-corrected chi connectivity index (χ0v) is 7.05. The van der Waals surface area contributed by atoms with Gasteiger partial charge < -0.3 is 0 Å². The van der Waals surface area contributed by atoms with Gasteiger partial charge in [0.05, 0.1) is 11.9 Å². The normalized spacial score (nSPS) is 19.2. The van der Waals surface area contributed by atoms with Crippen LogP contribution in [0.1, 0.15) is 25.5 Å². The zero-order valence-electron chi connectivity index (χ0n) is 7.05. The fourth-order valence-corrected chi connectivity index (χ4v) is 1.29. The van der Waals surface area contributed by atoms with Crippen molar-refractivity contribution in [3.63, 3.8) is 0 Å². The van der Waals surface area contributed by atoms with Crippen molar-refractivity contribution in [1.29, 1.82) is 0 Å². The van der Waals surface area contributed by atoms with Crippen LogP contribution in [0.3, 0.4) is 0 Å². The summed E-state index contributed by atoms with van der Waals surface area (Å²) in [7, 11) is 0. The molecule has 2 rings (SSSR count). The molecule has 64 valence electrons. The summed E-state index contributed by atoms with van der Waals surface area (Å²) in [6.45, 7) is 2.19. The molecule has 1 aromatic rings. The highest BCUT2D eigenvalue weighted by molar-refractivity contribution is 5.04. The van der Waals surface area contributed by atoms with Crippen LogP contribution in [-0.2, 0) is 6.42 Å². The highest BCUT2D eigenvalue weighted by atomic mass is 19.1. The first-order chi connectivity index (χ1) is 5.68. The Kier molecular flexibility index (Phi) is 1.60. The third-order valence-corrected chi connectivity index (χ3v) is 2.37. The molecule has 2 nitrogen and oxygen atoms in total. The molecule has 0 atom stereocenters. The monoisotopic (exact) mass is 166 g/mol. The number of hydrogen-bond acceptors (Lipinski definition) is 2. The van der Waals surface area contributed by atoms with E-state index >= 15 is 0 Å². The lowest BCUT2D eigenvalue weighted by Crippen LogP contribution is -2.02. The van der Waals surface area contributed by atoms with Gasteiger partial charge in [-0.2, -0.15) is 4.39 Å². The summed E-state index contributed by atoms with van der Waals surface area (Å²) in [5, 5.41) is 0. The van der Waals surface area contributed by atoms with Crippen molar-refractivity contribution in [3.05, 3.63) is 24.0 Å². The Labute approximate surface area is 70.9 Å². The minimum absolute atomic E-state index is 0.377. The van der Waals surface area contributed by atoms with Gasteiger partial charge in [0.1, 0.15) is 0 Å². The van der Waals surface area contributed by atoms with E-state index in [-0.39, 0.29) is 0 Å². The molecular weight excluding hydrogens is 155 g/mol. The smallest absolute Gasteiger partial charge is 0.231 e. The van der Waals surface area contributed by atoms with Crippen LogP contribution >= 0.6 is 0 Å². The molecule has 0 amide bonds. The molecule has 3 heteroatoms. The summed E-state index contributed by atoms with van der Waals surface area (Å²) in [6.07, 6.45) is 6.10. The molecule has 0 saturated heterocycles. The molecule has 0 bridgehead atoms. The Morgan fingerprint density at radius 3 is 2.83 bits per heavy atom. The van der Waals surface area contributed by atoms with Gasteiger partial charge in [-0.3, -0.25) is 4.98 Å². The molecule has 0 unspecified atom stereocenters. The lowest BCUT2D eigenvalue weighted by molar-refractivity contribution is 0.528. The predicted octanol–water partition coefficient (Wildman–Crippen LogP) is 1.96. The van der Waals surface area contributed by atoms with Crippen molar-refractivity contribution in [2.75, 3.05) is 0 Å². The van der Waals surface area contributed by atoms with E-state index in [1.807, 2.05) is 0 Å². The zero-order chi connectivity index (χ0) is 8.60. The van der Waals surface area contributed by atoms with Gasteiger partial charge in [0, 0.05) is 6.20 Å². The molecule has 12 heavy (non-hydrogen) atoms. The molecule has 1 aliphatic carbocycles. The van der Waals surface area contributed by atoms with Crippen molar-refractivity contribution in [2.45, 2.75) is 26.2 Å². The second kappa shape index (κ2) is 2.51. The number of hydrogen-bond donors (Lipinski definition) is 0. The van der Waals surface area contributed by atoms with E-state index in [2.05, 4.69) is 16.9 Å². The van der Waals surface area contributed by atoms with Crippen molar-refractivity contribution >= 4 is 0 Å². The Bertz CT molecular complexity index is 294. The quantitative estimate of drug-likeness (QED) is 0.671. The van der Waals surface area contributed by atoms with Crippen LogP contribution in [0.15, 0.2) is 12.4 Å². The maximum absolute atomic E-state index is 12.6. The van der Waals surface area contributed by atoms with Crippen molar-refractivity contribution in [3.8, 4) is 0 Å². The van der Waals surface area contributed by atoms with Gasteiger partial charge in [-0.1, -0.05) is 6.92 Å². The van der Waals surface area contributed by atoms with Gasteiger partial charge in [0.2, 0.25) is 5.95 Å². The van der Waals surface area contributed by atoms with E-state index < -0.39 is 5.95 Å². The van der Waals surface area contributed by atoms with E-state index in [9.17, 15) is 4.39 Å².